The monoisotopic (exact) mass is 512 g/mol. The molecule has 0 aromatic carbocycles. The van der Waals surface area contributed by atoms with Crippen molar-refractivity contribution in [3.05, 3.63) is 46.7 Å². The number of aliphatic hydroxyl groups excluding tert-OH is 3. The molecule has 3 unspecified atom stereocenters. The molecule has 0 aliphatic heterocycles. The van der Waals surface area contributed by atoms with Crippen molar-refractivity contribution in [3.8, 4) is 0 Å². The molecule has 202 valence electrons. The molecule has 4 rings (SSSR count). The Morgan fingerprint density at radius 1 is 1.00 bits per heavy atom. The number of carboxylic acid groups (broad SMARTS) is 1. The standard InChI is InChI=1S/C30H40O7/c1-16(7-8-23(35)36)19-12-22(34)30(6)24-17(13-31)11-21-27(2,3)18(14-32)9-10-28(21,4)25(24)26(37)20(15-33)29(19,30)5/h13-16,19,21,31-33H,7-12H2,1-6H3,(H,35,36)/b17-13+,18-14+,20-15+/t16-,19-,21?,28?,29?,30+/m1/s1. The van der Waals surface area contributed by atoms with E-state index in [1.54, 1.807) is 0 Å². The van der Waals surface area contributed by atoms with Gasteiger partial charge in [0, 0.05) is 34.8 Å². The number of carbonyl (C=O) groups excluding carboxylic acids is 2. The van der Waals surface area contributed by atoms with Gasteiger partial charge in [0.1, 0.15) is 5.78 Å². The molecule has 2 saturated carbocycles. The summed E-state index contributed by atoms with van der Waals surface area (Å²) in [6, 6.07) is 0. The zero-order valence-corrected chi connectivity index (χ0v) is 22.7. The molecule has 4 N–H and O–H groups in total. The minimum Gasteiger partial charge on any atom is -0.516 e. The topological polar surface area (TPSA) is 132 Å². The van der Waals surface area contributed by atoms with Crippen LogP contribution in [0.3, 0.4) is 0 Å². The van der Waals surface area contributed by atoms with Gasteiger partial charge in [-0.3, -0.25) is 14.4 Å². The molecule has 2 fully saturated rings. The van der Waals surface area contributed by atoms with Gasteiger partial charge in [-0.1, -0.05) is 34.6 Å². The van der Waals surface area contributed by atoms with E-state index in [9.17, 15) is 34.8 Å². The molecule has 0 spiro atoms. The van der Waals surface area contributed by atoms with Crippen LogP contribution in [-0.2, 0) is 14.4 Å². The first kappa shape index (κ1) is 27.2. The van der Waals surface area contributed by atoms with Gasteiger partial charge in [0.25, 0.3) is 0 Å². The summed E-state index contributed by atoms with van der Waals surface area (Å²) in [6.45, 7) is 11.7. The number of ketones is 2. The molecule has 4 aliphatic rings. The van der Waals surface area contributed by atoms with Gasteiger partial charge in [0.2, 0.25) is 0 Å². The van der Waals surface area contributed by atoms with E-state index in [2.05, 4.69) is 0 Å². The average molecular weight is 513 g/mol. The minimum atomic E-state index is -1.17. The fourth-order valence-corrected chi connectivity index (χ4v) is 8.77. The predicted octanol–water partition coefficient (Wildman–Crippen LogP) is 6.14. The number of aliphatic hydroxyl groups is 3. The number of carboxylic acids is 1. The number of hydrogen-bond donors (Lipinski definition) is 4. The quantitative estimate of drug-likeness (QED) is 0.263. The van der Waals surface area contributed by atoms with E-state index >= 15 is 0 Å². The van der Waals surface area contributed by atoms with E-state index in [0.717, 1.165) is 24.4 Å². The van der Waals surface area contributed by atoms with Crippen LogP contribution >= 0.6 is 0 Å². The van der Waals surface area contributed by atoms with Gasteiger partial charge in [0.05, 0.1) is 24.2 Å². The van der Waals surface area contributed by atoms with Crippen LogP contribution in [0.2, 0.25) is 0 Å². The van der Waals surface area contributed by atoms with Gasteiger partial charge >= 0.3 is 5.97 Å². The van der Waals surface area contributed by atoms with Crippen molar-refractivity contribution in [1.82, 2.24) is 0 Å². The zero-order chi connectivity index (χ0) is 27.7. The summed E-state index contributed by atoms with van der Waals surface area (Å²) in [7, 11) is 0. The molecule has 0 amide bonds. The van der Waals surface area contributed by atoms with Crippen LogP contribution < -0.4 is 0 Å². The lowest BCUT2D eigenvalue weighted by atomic mass is 9.41. The van der Waals surface area contributed by atoms with Gasteiger partial charge in [0.15, 0.2) is 5.78 Å². The van der Waals surface area contributed by atoms with Gasteiger partial charge in [-0.2, -0.15) is 0 Å². The van der Waals surface area contributed by atoms with Crippen LogP contribution in [-0.4, -0.2) is 38.0 Å². The molecular formula is C30H40O7. The molecule has 6 atom stereocenters. The van der Waals surface area contributed by atoms with E-state index in [4.69, 9.17) is 0 Å². The molecule has 37 heavy (non-hydrogen) atoms. The molecule has 4 aliphatic carbocycles. The number of rotatable bonds is 4. The summed E-state index contributed by atoms with van der Waals surface area (Å²) in [4.78, 5) is 39.8. The molecule has 7 nitrogen and oxygen atoms in total. The first-order valence-electron chi connectivity index (χ1n) is 13.2. The highest BCUT2D eigenvalue weighted by Crippen LogP contribution is 2.73. The Morgan fingerprint density at radius 3 is 2.19 bits per heavy atom. The summed E-state index contributed by atoms with van der Waals surface area (Å²) in [5.41, 5.74) is -0.648. The van der Waals surface area contributed by atoms with Crippen molar-refractivity contribution in [2.24, 2.45) is 39.4 Å². The van der Waals surface area contributed by atoms with Crippen LogP contribution in [0.1, 0.15) is 80.1 Å². The van der Waals surface area contributed by atoms with E-state index in [1.165, 1.54) is 0 Å². The second-order valence-electron chi connectivity index (χ2n) is 12.8. The van der Waals surface area contributed by atoms with E-state index in [0.29, 0.717) is 42.4 Å². The number of carbonyl (C=O) groups is 3. The Bertz CT molecular complexity index is 1180. The van der Waals surface area contributed by atoms with Crippen LogP contribution in [0.5, 0.6) is 0 Å². The van der Waals surface area contributed by atoms with Crippen LogP contribution in [0.25, 0.3) is 0 Å². The largest absolute Gasteiger partial charge is 0.516 e. The lowest BCUT2D eigenvalue weighted by Gasteiger charge is -2.60. The maximum Gasteiger partial charge on any atom is 0.303 e. The lowest BCUT2D eigenvalue weighted by Crippen LogP contribution is -2.57. The molecule has 0 aromatic heterocycles. The van der Waals surface area contributed by atoms with Gasteiger partial charge < -0.3 is 20.4 Å². The van der Waals surface area contributed by atoms with Gasteiger partial charge in [-0.05, 0) is 72.5 Å². The number of aliphatic carboxylic acids is 1. The van der Waals surface area contributed by atoms with Crippen molar-refractivity contribution >= 4 is 17.5 Å². The molecule has 0 aromatic rings. The highest BCUT2D eigenvalue weighted by Gasteiger charge is 2.71. The summed E-state index contributed by atoms with van der Waals surface area (Å²) in [6.07, 6.45) is 5.15. The minimum absolute atomic E-state index is 0.0456. The maximum absolute atomic E-state index is 14.4. The second-order valence-corrected chi connectivity index (χ2v) is 12.8. The van der Waals surface area contributed by atoms with E-state index in [-0.39, 0.29) is 47.7 Å². The summed E-state index contributed by atoms with van der Waals surface area (Å²) in [5.74, 6) is -1.94. The lowest BCUT2D eigenvalue weighted by molar-refractivity contribution is -0.137. The van der Waals surface area contributed by atoms with Crippen LogP contribution in [0.4, 0.5) is 0 Å². The van der Waals surface area contributed by atoms with Crippen molar-refractivity contribution in [1.29, 1.82) is 0 Å². The third kappa shape index (κ3) is 3.28. The summed E-state index contributed by atoms with van der Waals surface area (Å²) >= 11 is 0. The number of Topliss-reactive ketones (excluding diaryl/α,β-unsaturated/α-hetero) is 2. The Labute approximate surface area is 218 Å². The second kappa shape index (κ2) is 8.60. The van der Waals surface area contributed by atoms with E-state index in [1.807, 2.05) is 41.5 Å². The molecule has 0 saturated heterocycles. The maximum atomic E-state index is 14.4. The number of allylic oxidation sites excluding steroid dienone is 5. The van der Waals surface area contributed by atoms with Gasteiger partial charge in [-0.25, -0.2) is 0 Å². The molecule has 7 heteroatoms. The fourth-order valence-electron chi connectivity index (χ4n) is 8.77. The Hall–Kier alpha value is -2.83. The Kier molecular flexibility index (Phi) is 6.33. The van der Waals surface area contributed by atoms with Crippen molar-refractivity contribution in [2.45, 2.75) is 80.1 Å². The molecule has 0 bridgehead atoms. The van der Waals surface area contributed by atoms with Crippen LogP contribution in [0, 0.1) is 39.4 Å². The Balaban J connectivity index is 2.00. The summed E-state index contributed by atoms with van der Waals surface area (Å²) in [5, 5.41) is 40.3. The van der Waals surface area contributed by atoms with E-state index < -0.39 is 27.6 Å². The first-order chi connectivity index (χ1) is 17.2. The normalized spacial score (nSPS) is 41.1. The molecule has 0 radical (unpaired) electrons. The third-order valence-electron chi connectivity index (χ3n) is 11.2. The van der Waals surface area contributed by atoms with Gasteiger partial charge in [-0.15, -0.1) is 0 Å². The van der Waals surface area contributed by atoms with Crippen LogP contribution in [0.15, 0.2) is 46.7 Å². The van der Waals surface area contributed by atoms with Crippen molar-refractivity contribution in [3.63, 3.8) is 0 Å². The smallest absolute Gasteiger partial charge is 0.303 e. The van der Waals surface area contributed by atoms with Crippen molar-refractivity contribution in [2.75, 3.05) is 0 Å². The Morgan fingerprint density at radius 2 is 1.65 bits per heavy atom. The molecular weight excluding hydrogens is 472 g/mol. The first-order valence-corrected chi connectivity index (χ1v) is 13.2. The average Bonchev–Trinajstić information content (AvgIpc) is 3.04. The molecule has 0 heterocycles. The third-order valence-corrected chi connectivity index (χ3v) is 11.2. The van der Waals surface area contributed by atoms with Crippen molar-refractivity contribution < 1.29 is 34.8 Å². The fraction of sp³-hybridized carbons (Fsp3) is 0.633. The highest BCUT2D eigenvalue weighted by molar-refractivity contribution is 6.16. The summed E-state index contributed by atoms with van der Waals surface area (Å²) < 4.78 is 0. The predicted molar refractivity (Wildman–Crippen MR) is 139 cm³/mol. The number of fused-ring (bicyclic) bond motifs is 4. The number of hydrogen-bond acceptors (Lipinski definition) is 6. The highest BCUT2D eigenvalue weighted by atomic mass is 16.4. The SMILES string of the molecule is C[C@H](CCC(=O)O)[C@H]1CC(=O)[C@@]2(C)C3=C(C(=O)/C(=C\O)C12C)C1(C)CC/C(=C\O)C(C)(C)C1C/C3=C\O. The zero-order valence-electron chi connectivity index (χ0n) is 22.7.